The molecule has 0 radical (unpaired) electrons. The molecule has 2 rings (SSSR count). The molecule has 0 heterocycles. The van der Waals surface area contributed by atoms with Crippen LogP contribution in [0.1, 0.15) is 48.7 Å². The Bertz CT molecular complexity index is 858. The van der Waals surface area contributed by atoms with Crippen LogP contribution in [0, 0.1) is 0 Å². The van der Waals surface area contributed by atoms with Crippen LogP contribution in [-0.2, 0) is 27.1 Å². The highest BCUT2D eigenvalue weighted by atomic mass is 35.5. The molecule has 1 amide bonds. The zero-order valence-corrected chi connectivity index (χ0v) is 18.1. The van der Waals surface area contributed by atoms with Crippen molar-refractivity contribution in [1.82, 2.24) is 0 Å². The molecule has 1 N–H and O–H groups in total. The first-order valence-electron chi connectivity index (χ1n) is 9.57. The number of carbonyl (C=O) groups excluding carboxylic acids is 2. The second-order valence-electron chi connectivity index (χ2n) is 7.82. The van der Waals surface area contributed by atoms with Crippen LogP contribution in [0.5, 0.6) is 0 Å². The van der Waals surface area contributed by atoms with Crippen LogP contribution in [0.2, 0.25) is 5.02 Å². The van der Waals surface area contributed by atoms with Crippen molar-refractivity contribution >= 4 is 29.2 Å². The summed E-state index contributed by atoms with van der Waals surface area (Å²) in [5.41, 5.74) is 2.15. The number of nitrogens with one attached hydrogen (secondary N) is 1. The molecule has 0 bridgehead atoms. The smallest absolute Gasteiger partial charge is 0.310 e. The van der Waals surface area contributed by atoms with E-state index in [4.69, 9.17) is 21.1 Å². The Kier molecular flexibility index (Phi) is 8.23. The molecule has 0 aromatic heterocycles. The van der Waals surface area contributed by atoms with Crippen molar-refractivity contribution in [3.63, 3.8) is 0 Å². The Morgan fingerprint density at radius 3 is 2.52 bits per heavy atom. The number of ether oxygens (including phenoxy) is 2. The average molecular weight is 418 g/mol. The molecule has 6 heteroatoms. The third-order valence-corrected chi connectivity index (χ3v) is 4.27. The minimum atomic E-state index is -0.560. The number of hydrogen-bond acceptors (Lipinski definition) is 4. The highest BCUT2D eigenvalue weighted by Crippen LogP contribution is 2.21. The summed E-state index contributed by atoms with van der Waals surface area (Å²) in [6, 6.07) is 12.5. The fourth-order valence-electron chi connectivity index (χ4n) is 2.87. The number of hydrogen-bond donors (Lipinski definition) is 1. The summed E-state index contributed by atoms with van der Waals surface area (Å²) in [5, 5.41) is 3.39. The number of aryl methyl sites for hydroxylation is 1. The molecule has 0 fully saturated rings. The first kappa shape index (κ1) is 22.9. The summed E-state index contributed by atoms with van der Waals surface area (Å²) in [6.45, 7) is 6.11. The Hall–Kier alpha value is -2.37. The van der Waals surface area contributed by atoms with E-state index in [1.807, 2.05) is 45.0 Å². The number of anilines is 1. The van der Waals surface area contributed by atoms with Crippen molar-refractivity contribution in [3.05, 3.63) is 64.2 Å². The fourth-order valence-corrected chi connectivity index (χ4v) is 3.13. The predicted molar refractivity (Wildman–Crippen MR) is 116 cm³/mol. The van der Waals surface area contributed by atoms with Gasteiger partial charge in [0.15, 0.2) is 0 Å². The van der Waals surface area contributed by atoms with Gasteiger partial charge in [-0.15, -0.1) is 0 Å². The van der Waals surface area contributed by atoms with Gasteiger partial charge in [-0.25, -0.2) is 0 Å². The van der Waals surface area contributed by atoms with Gasteiger partial charge in [0.25, 0.3) is 5.91 Å². The number of benzene rings is 2. The van der Waals surface area contributed by atoms with Crippen LogP contribution in [0.4, 0.5) is 5.69 Å². The highest BCUT2D eigenvalue weighted by Gasteiger charge is 2.18. The van der Waals surface area contributed by atoms with E-state index in [0.29, 0.717) is 28.4 Å². The largest absolute Gasteiger partial charge is 0.460 e. The van der Waals surface area contributed by atoms with Crippen molar-refractivity contribution < 1.29 is 19.1 Å². The van der Waals surface area contributed by atoms with E-state index >= 15 is 0 Å². The Balaban J connectivity index is 2.14. The molecule has 0 unspecified atom stereocenters. The number of para-hydroxylation sites is 1. The Morgan fingerprint density at radius 2 is 1.83 bits per heavy atom. The maximum Gasteiger partial charge on any atom is 0.310 e. The predicted octanol–water partition coefficient (Wildman–Crippen LogP) is 5.06. The number of esters is 1. The zero-order valence-electron chi connectivity index (χ0n) is 17.4. The molecule has 0 saturated carbocycles. The number of methoxy groups -OCH3 is 1. The molecule has 2 aromatic rings. The minimum Gasteiger partial charge on any atom is -0.460 e. The number of halogens is 1. The summed E-state index contributed by atoms with van der Waals surface area (Å²) in [4.78, 5) is 25.0. The summed E-state index contributed by atoms with van der Waals surface area (Å²) < 4.78 is 10.5. The van der Waals surface area contributed by atoms with Crippen LogP contribution in [-0.4, -0.2) is 31.2 Å². The van der Waals surface area contributed by atoms with Crippen LogP contribution in [0.15, 0.2) is 42.5 Å². The number of carbonyl (C=O) groups is 2. The fraction of sp³-hybridized carbons (Fsp3) is 0.391. The van der Waals surface area contributed by atoms with Crippen molar-refractivity contribution in [3.8, 4) is 0 Å². The topological polar surface area (TPSA) is 64.6 Å². The van der Waals surface area contributed by atoms with Crippen LogP contribution in [0.25, 0.3) is 0 Å². The van der Waals surface area contributed by atoms with Gasteiger partial charge < -0.3 is 14.8 Å². The van der Waals surface area contributed by atoms with Crippen molar-refractivity contribution in [2.75, 3.05) is 19.0 Å². The molecule has 2 aromatic carbocycles. The van der Waals surface area contributed by atoms with Gasteiger partial charge in [-0.05, 0) is 69.0 Å². The second kappa shape index (κ2) is 10.4. The summed E-state index contributed by atoms with van der Waals surface area (Å²) in [6.07, 6.45) is 1.69. The van der Waals surface area contributed by atoms with Crippen molar-refractivity contribution in [2.24, 2.45) is 0 Å². The molecule has 0 aliphatic rings. The Labute approximate surface area is 177 Å². The first-order valence-corrected chi connectivity index (χ1v) is 9.95. The maximum absolute atomic E-state index is 12.8. The lowest BCUT2D eigenvalue weighted by molar-refractivity contribution is -0.153. The molecule has 5 nitrogen and oxygen atoms in total. The molecule has 0 aliphatic heterocycles. The molecule has 0 aliphatic carbocycles. The highest BCUT2D eigenvalue weighted by molar-refractivity contribution is 6.31. The maximum atomic E-state index is 12.8. The summed E-state index contributed by atoms with van der Waals surface area (Å²) in [5.74, 6) is -0.625. The summed E-state index contributed by atoms with van der Waals surface area (Å²) >= 11 is 6.20. The second-order valence-corrected chi connectivity index (χ2v) is 8.26. The van der Waals surface area contributed by atoms with Gasteiger partial charge in [-0.3, -0.25) is 9.59 Å². The lowest BCUT2D eigenvalue weighted by Crippen LogP contribution is -2.25. The molecule has 156 valence electrons. The van der Waals surface area contributed by atoms with E-state index in [1.165, 1.54) is 0 Å². The summed E-state index contributed by atoms with van der Waals surface area (Å²) in [7, 11) is 1.66. The van der Waals surface area contributed by atoms with E-state index in [-0.39, 0.29) is 18.3 Å². The quantitative estimate of drug-likeness (QED) is 0.481. The average Bonchev–Trinajstić information content (AvgIpc) is 2.61. The molecule has 0 spiro atoms. The third kappa shape index (κ3) is 7.87. The van der Waals surface area contributed by atoms with Gasteiger partial charge in [-0.2, -0.15) is 0 Å². The number of rotatable bonds is 8. The normalized spacial score (nSPS) is 11.2. The lowest BCUT2D eigenvalue weighted by Gasteiger charge is -2.20. The molecule has 29 heavy (non-hydrogen) atoms. The molecular weight excluding hydrogens is 390 g/mol. The first-order chi connectivity index (χ1) is 13.7. The lowest BCUT2D eigenvalue weighted by atomic mass is 10.1. The zero-order chi connectivity index (χ0) is 21.4. The van der Waals surface area contributed by atoms with Crippen molar-refractivity contribution in [2.45, 2.75) is 45.6 Å². The van der Waals surface area contributed by atoms with E-state index < -0.39 is 5.60 Å². The van der Waals surface area contributed by atoms with Crippen LogP contribution in [0.3, 0.4) is 0 Å². The monoisotopic (exact) mass is 417 g/mol. The number of amides is 1. The van der Waals surface area contributed by atoms with Gasteiger partial charge in [0.05, 0.1) is 6.42 Å². The molecule has 0 saturated heterocycles. The van der Waals surface area contributed by atoms with E-state index in [9.17, 15) is 9.59 Å². The van der Waals surface area contributed by atoms with Crippen LogP contribution >= 0.6 is 11.6 Å². The van der Waals surface area contributed by atoms with E-state index in [0.717, 1.165) is 18.4 Å². The molecule has 0 atom stereocenters. The van der Waals surface area contributed by atoms with Gasteiger partial charge >= 0.3 is 5.97 Å². The van der Waals surface area contributed by atoms with Gasteiger partial charge in [0, 0.05) is 30.0 Å². The molecular formula is C23H28ClNO4. The van der Waals surface area contributed by atoms with Gasteiger partial charge in [-0.1, -0.05) is 29.8 Å². The third-order valence-electron chi connectivity index (χ3n) is 4.05. The van der Waals surface area contributed by atoms with Crippen LogP contribution < -0.4 is 5.32 Å². The van der Waals surface area contributed by atoms with Crippen molar-refractivity contribution in [1.29, 1.82) is 0 Å². The Morgan fingerprint density at radius 1 is 1.10 bits per heavy atom. The standard InChI is InChI=1S/C23H28ClNO4/c1-23(2,3)29-21(26)15-17-9-5-6-10-20(17)25-22(27)18-12-16(8-7-11-28-4)13-19(24)14-18/h5-6,9-10,12-14H,7-8,11,15H2,1-4H3,(H,25,27). The van der Waals surface area contributed by atoms with Gasteiger partial charge in [0.2, 0.25) is 0 Å². The minimum absolute atomic E-state index is 0.0749. The van der Waals surface area contributed by atoms with E-state index in [1.54, 1.807) is 25.3 Å². The van der Waals surface area contributed by atoms with E-state index in [2.05, 4.69) is 5.32 Å². The SMILES string of the molecule is COCCCc1cc(Cl)cc(C(=O)Nc2ccccc2CC(=O)OC(C)(C)C)c1. The van der Waals surface area contributed by atoms with Gasteiger partial charge in [0.1, 0.15) is 5.60 Å².